The van der Waals surface area contributed by atoms with Crippen molar-refractivity contribution < 1.29 is 5.11 Å². The number of phenols is 1. The minimum Gasteiger partial charge on any atom is -0.507 e. The van der Waals surface area contributed by atoms with Crippen LogP contribution in [0.2, 0.25) is 0 Å². The van der Waals surface area contributed by atoms with Crippen LogP contribution in [0.1, 0.15) is 0 Å². The molecule has 72 valence electrons. The van der Waals surface area contributed by atoms with Gasteiger partial charge in [-0.1, -0.05) is 12.1 Å². The molecule has 0 saturated heterocycles. The first kappa shape index (κ1) is 10.4. The number of phenolic OH excluding ortho intramolecular Hbond substituents is 1. The Balaban J connectivity index is 0.000000980. The lowest BCUT2D eigenvalue weighted by Gasteiger charge is -2.00. The van der Waals surface area contributed by atoms with E-state index in [1.807, 2.05) is 6.07 Å². The Labute approximate surface area is 87.0 Å². The SMILES string of the molecule is Cl.Oc1ccccc1-c1ccnnn1. The Morgan fingerprint density at radius 1 is 1.07 bits per heavy atom. The van der Waals surface area contributed by atoms with Gasteiger partial charge in [-0.05, 0) is 23.4 Å². The molecular formula is C9H8ClN3O. The second-order valence-electron chi connectivity index (χ2n) is 2.52. The number of benzene rings is 1. The van der Waals surface area contributed by atoms with Crippen LogP contribution in [0.15, 0.2) is 36.5 Å². The molecule has 0 amide bonds. The molecule has 1 aromatic heterocycles. The first-order valence-electron chi connectivity index (χ1n) is 3.80. The van der Waals surface area contributed by atoms with E-state index < -0.39 is 0 Å². The summed E-state index contributed by atoms with van der Waals surface area (Å²) in [6, 6.07) is 8.67. The second kappa shape index (κ2) is 4.53. The Bertz CT molecular complexity index is 408. The van der Waals surface area contributed by atoms with Crippen LogP contribution in [0.3, 0.4) is 0 Å². The molecule has 0 atom stereocenters. The van der Waals surface area contributed by atoms with Crippen LogP contribution in [0.4, 0.5) is 0 Å². The third-order valence-corrected chi connectivity index (χ3v) is 1.68. The fourth-order valence-electron chi connectivity index (χ4n) is 1.07. The average Bonchev–Trinajstić information content (AvgIpc) is 2.20. The predicted molar refractivity (Wildman–Crippen MR) is 54.2 cm³/mol. The van der Waals surface area contributed by atoms with E-state index in [1.165, 1.54) is 6.20 Å². The third-order valence-electron chi connectivity index (χ3n) is 1.68. The molecule has 14 heavy (non-hydrogen) atoms. The van der Waals surface area contributed by atoms with Gasteiger partial charge in [0, 0.05) is 5.56 Å². The van der Waals surface area contributed by atoms with Crippen LogP contribution >= 0.6 is 12.4 Å². The minimum atomic E-state index is 0. The lowest BCUT2D eigenvalue weighted by Crippen LogP contribution is -1.88. The third kappa shape index (κ3) is 1.97. The highest BCUT2D eigenvalue weighted by Gasteiger charge is 2.03. The molecule has 0 spiro atoms. The predicted octanol–water partition coefficient (Wildman–Crippen LogP) is 1.67. The zero-order chi connectivity index (χ0) is 9.10. The molecule has 1 N–H and O–H groups in total. The molecule has 2 rings (SSSR count). The normalized spacial score (nSPS) is 9.14. The van der Waals surface area contributed by atoms with Gasteiger partial charge in [-0.2, -0.15) is 0 Å². The van der Waals surface area contributed by atoms with E-state index in [0.717, 1.165) is 0 Å². The van der Waals surface area contributed by atoms with Crippen molar-refractivity contribution in [2.24, 2.45) is 0 Å². The monoisotopic (exact) mass is 209 g/mol. The molecule has 0 aliphatic carbocycles. The highest BCUT2D eigenvalue weighted by Crippen LogP contribution is 2.25. The van der Waals surface area contributed by atoms with E-state index in [1.54, 1.807) is 24.3 Å². The molecule has 0 unspecified atom stereocenters. The van der Waals surface area contributed by atoms with Crippen molar-refractivity contribution in [1.29, 1.82) is 0 Å². The van der Waals surface area contributed by atoms with Gasteiger partial charge < -0.3 is 5.11 Å². The Hall–Kier alpha value is -1.68. The van der Waals surface area contributed by atoms with Gasteiger partial charge in [-0.3, -0.25) is 0 Å². The first-order valence-corrected chi connectivity index (χ1v) is 3.80. The summed E-state index contributed by atoms with van der Waals surface area (Å²) >= 11 is 0. The van der Waals surface area contributed by atoms with Gasteiger partial charge in [0.15, 0.2) is 0 Å². The Morgan fingerprint density at radius 3 is 2.50 bits per heavy atom. The summed E-state index contributed by atoms with van der Waals surface area (Å²) in [5, 5.41) is 20.3. The highest BCUT2D eigenvalue weighted by atomic mass is 35.5. The summed E-state index contributed by atoms with van der Waals surface area (Å²) in [6.07, 6.45) is 1.54. The van der Waals surface area contributed by atoms with Crippen molar-refractivity contribution in [3.8, 4) is 17.0 Å². The molecule has 2 aromatic rings. The molecule has 1 heterocycles. The maximum atomic E-state index is 9.48. The molecule has 0 saturated carbocycles. The molecule has 0 radical (unpaired) electrons. The van der Waals surface area contributed by atoms with Crippen molar-refractivity contribution in [1.82, 2.24) is 15.4 Å². The lowest BCUT2D eigenvalue weighted by molar-refractivity contribution is 0.477. The second-order valence-corrected chi connectivity index (χ2v) is 2.52. The number of hydrogen-bond acceptors (Lipinski definition) is 4. The van der Waals surface area contributed by atoms with Gasteiger partial charge in [0.2, 0.25) is 0 Å². The summed E-state index contributed by atoms with van der Waals surface area (Å²) in [4.78, 5) is 0. The zero-order valence-corrected chi connectivity index (χ0v) is 7.98. The lowest BCUT2D eigenvalue weighted by atomic mass is 10.1. The van der Waals surface area contributed by atoms with E-state index in [2.05, 4.69) is 15.4 Å². The van der Waals surface area contributed by atoms with Crippen molar-refractivity contribution in [2.45, 2.75) is 0 Å². The van der Waals surface area contributed by atoms with Crippen LogP contribution in [-0.4, -0.2) is 20.5 Å². The highest BCUT2D eigenvalue weighted by molar-refractivity contribution is 5.85. The first-order chi connectivity index (χ1) is 6.38. The molecule has 5 heteroatoms. The smallest absolute Gasteiger partial charge is 0.125 e. The van der Waals surface area contributed by atoms with Crippen molar-refractivity contribution in [3.05, 3.63) is 36.5 Å². The van der Waals surface area contributed by atoms with Crippen LogP contribution < -0.4 is 0 Å². The summed E-state index contributed by atoms with van der Waals surface area (Å²) in [5.41, 5.74) is 1.28. The van der Waals surface area contributed by atoms with E-state index >= 15 is 0 Å². The summed E-state index contributed by atoms with van der Waals surface area (Å²) in [6.45, 7) is 0. The van der Waals surface area contributed by atoms with E-state index in [9.17, 15) is 5.11 Å². The number of nitrogens with zero attached hydrogens (tertiary/aromatic N) is 3. The van der Waals surface area contributed by atoms with Gasteiger partial charge >= 0.3 is 0 Å². The minimum absolute atomic E-state index is 0. The molecule has 0 bridgehead atoms. The number of aromatic nitrogens is 3. The Kier molecular flexibility index (Phi) is 3.36. The quantitative estimate of drug-likeness (QED) is 0.776. The van der Waals surface area contributed by atoms with Gasteiger partial charge in [-0.15, -0.1) is 22.6 Å². The fraction of sp³-hybridized carbons (Fsp3) is 0. The van der Waals surface area contributed by atoms with Gasteiger partial charge in [0.25, 0.3) is 0 Å². The average molecular weight is 210 g/mol. The number of hydrogen-bond donors (Lipinski definition) is 1. The molecule has 0 aliphatic rings. The van der Waals surface area contributed by atoms with Crippen molar-refractivity contribution >= 4 is 12.4 Å². The van der Waals surface area contributed by atoms with Crippen molar-refractivity contribution in [2.75, 3.05) is 0 Å². The summed E-state index contributed by atoms with van der Waals surface area (Å²) in [5.74, 6) is 0.197. The number of para-hydroxylation sites is 1. The van der Waals surface area contributed by atoms with Crippen LogP contribution in [-0.2, 0) is 0 Å². The summed E-state index contributed by atoms with van der Waals surface area (Å²) in [7, 11) is 0. The number of halogens is 1. The maximum Gasteiger partial charge on any atom is 0.125 e. The van der Waals surface area contributed by atoms with E-state index in [4.69, 9.17) is 0 Å². The van der Waals surface area contributed by atoms with Crippen LogP contribution in [0.25, 0.3) is 11.3 Å². The number of rotatable bonds is 1. The zero-order valence-electron chi connectivity index (χ0n) is 7.16. The van der Waals surface area contributed by atoms with Crippen LogP contribution in [0.5, 0.6) is 5.75 Å². The fourth-order valence-corrected chi connectivity index (χ4v) is 1.07. The van der Waals surface area contributed by atoms with Crippen LogP contribution in [0, 0.1) is 0 Å². The molecule has 4 nitrogen and oxygen atoms in total. The van der Waals surface area contributed by atoms with Gasteiger partial charge in [0.1, 0.15) is 5.75 Å². The maximum absolute atomic E-state index is 9.48. The molecule has 0 aliphatic heterocycles. The van der Waals surface area contributed by atoms with Gasteiger partial charge in [-0.25, -0.2) is 0 Å². The molecule has 1 aromatic carbocycles. The summed E-state index contributed by atoms with van der Waals surface area (Å²) < 4.78 is 0. The number of aromatic hydroxyl groups is 1. The molecule has 0 fully saturated rings. The standard InChI is InChI=1S/C9H7N3O.ClH/c13-9-4-2-1-3-7(9)8-5-6-10-12-11-8;/h1-6,13H;1H. The largest absolute Gasteiger partial charge is 0.507 e. The van der Waals surface area contributed by atoms with E-state index in [-0.39, 0.29) is 18.2 Å². The van der Waals surface area contributed by atoms with E-state index in [0.29, 0.717) is 11.3 Å². The topological polar surface area (TPSA) is 58.9 Å². The Morgan fingerprint density at radius 2 is 1.86 bits per heavy atom. The van der Waals surface area contributed by atoms with Crippen molar-refractivity contribution in [3.63, 3.8) is 0 Å². The van der Waals surface area contributed by atoms with Gasteiger partial charge in [0.05, 0.1) is 11.9 Å². The molecular weight excluding hydrogens is 202 g/mol.